The summed E-state index contributed by atoms with van der Waals surface area (Å²) in [6.45, 7) is 8.65. The molecule has 0 aliphatic carbocycles. The average molecular weight is 405 g/mol. The van der Waals surface area contributed by atoms with E-state index in [0.717, 1.165) is 0 Å². The van der Waals surface area contributed by atoms with Crippen LogP contribution in [-0.2, 0) is 21.7 Å². The third-order valence-electron chi connectivity index (χ3n) is 4.42. The van der Waals surface area contributed by atoms with Crippen molar-refractivity contribution in [3.05, 3.63) is 82.9 Å². The second-order valence-corrected chi connectivity index (χ2v) is 6.11. The first-order chi connectivity index (χ1) is 10.6. The van der Waals surface area contributed by atoms with E-state index in [9.17, 15) is 0 Å². The number of halogens is 2. The SMILES string of the molecule is Cc1cccc2[cH-]cc(C)c12.Cc1cccc2[cH-]cc(C)c12.[Cl-].[Cl-].[Ti+4]. The van der Waals surface area contributed by atoms with Gasteiger partial charge in [0.2, 0.25) is 0 Å². The van der Waals surface area contributed by atoms with Gasteiger partial charge in [-0.1, -0.05) is 37.1 Å². The van der Waals surface area contributed by atoms with Gasteiger partial charge in [0.15, 0.2) is 0 Å². The van der Waals surface area contributed by atoms with Gasteiger partial charge in [-0.15, -0.1) is 57.9 Å². The van der Waals surface area contributed by atoms with E-state index >= 15 is 0 Å². The van der Waals surface area contributed by atoms with Crippen molar-refractivity contribution in [2.45, 2.75) is 27.7 Å². The van der Waals surface area contributed by atoms with Crippen molar-refractivity contribution >= 4 is 21.5 Å². The Morgan fingerprint density at radius 3 is 1.24 bits per heavy atom. The Bertz CT molecular complexity index is 854. The van der Waals surface area contributed by atoms with Crippen LogP contribution in [0.3, 0.4) is 0 Å². The smallest absolute Gasteiger partial charge is 1.00 e. The van der Waals surface area contributed by atoms with Gasteiger partial charge in [0.1, 0.15) is 0 Å². The molecule has 0 bridgehead atoms. The molecule has 0 fully saturated rings. The summed E-state index contributed by atoms with van der Waals surface area (Å²) in [5.41, 5.74) is 5.53. The Kier molecular flexibility index (Phi) is 9.76. The first-order valence-corrected chi connectivity index (χ1v) is 7.81. The summed E-state index contributed by atoms with van der Waals surface area (Å²) in [5.74, 6) is 0. The van der Waals surface area contributed by atoms with Gasteiger partial charge in [-0.05, 0) is 13.8 Å². The van der Waals surface area contributed by atoms with Crippen LogP contribution in [0.4, 0.5) is 0 Å². The van der Waals surface area contributed by atoms with Crippen LogP contribution in [0.25, 0.3) is 21.5 Å². The number of hydrogen-bond acceptors (Lipinski definition) is 0. The molecule has 3 heteroatoms. The maximum absolute atomic E-state index is 2.18. The van der Waals surface area contributed by atoms with Crippen LogP contribution in [0.2, 0.25) is 0 Å². The van der Waals surface area contributed by atoms with Gasteiger partial charge in [0.25, 0.3) is 0 Å². The zero-order valence-electron chi connectivity index (χ0n) is 15.0. The molecular weight excluding hydrogens is 383 g/mol. The molecule has 25 heavy (non-hydrogen) atoms. The Labute approximate surface area is 178 Å². The third-order valence-corrected chi connectivity index (χ3v) is 4.42. The van der Waals surface area contributed by atoms with Crippen LogP contribution in [0, 0.1) is 27.7 Å². The largest absolute Gasteiger partial charge is 4.00 e. The fraction of sp³-hybridized carbons (Fsp3) is 0.182. The minimum absolute atomic E-state index is 0. The van der Waals surface area contributed by atoms with Crippen LogP contribution in [-0.4, -0.2) is 0 Å². The van der Waals surface area contributed by atoms with E-state index in [4.69, 9.17) is 0 Å². The summed E-state index contributed by atoms with van der Waals surface area (Å²) >= 11 is 0. The van der Waals surface area contributed by atoms with Gasteiger partial charge in [-0.3, -0.25) is 0 Å². The summed E-state index contributed by atoms with van der Waals surface area (Å²) in [6, 6.07) is 21.6. The van der Waals surface area contributed by atoms with Crippen molar-refractivity contribution in [1.29, 1.82) is 0 Å². The quantitative estimate of drug-likeness (QED) is 0.293. The van der Waals surface area contributed by atoms with Crippen molar-refractivity contribution in [1.82, 2.24) is 0 Å². The van der Waals surface area contributed by atoms with E-state index < -0.39 is 0 Å². The summed E-state index contributed by atoms with van der Waals surface area (Å²) in [6.07, 6.45) is 0. The Hall–Kier alpha value is -1.05. The van der Waals surface area contributed by atoms with Crippen LogP contribution in [0.5, 0.6) is 0 Å². The van der Waals surface area contributed by atoms with Gasteiger partial charge in [-0.2, -0.15) is 23.3 Å². The van der Waals surface area contributed by atoms with Gasteiger partial charge in [0, 0.05) is 0 Å². The molecule has 0 aromatic heterocycles. The topological polar surface area (TPSA) is 0 Å². The molecule has 0 amide bonds. The number of hydrogen-bond donors (Lipinski definition) is 0. The molecule has 128 valence electrons. The molecule has 0 heterocycles. The Balaban J connectivity index is 0.000000411. The number of benzene rings is 2. The molecule has 4 aromatic carbocycles. The Morgan fingerprint density at radius 2 is 0.920 bits per heavy atom. The Morgan fingerprint density at radius 1 is 0.560 bits per heavy atom. The molecule has 4 rings (SSSR count). The normalized spacial score (nSPS) is 9.44. The van der Waals surface area contributed by atoms with E-state index in [1.54, 1.807) is 0 Å². The van der Waals surface area contributed by atoms with E-state index in [0.29, 0.717) is 0 Å². The zero-order valence-corrected chi connectivity index (χ0v) is 18.1. The molecule has 0 saturated heterocycles. The van der Waals surface area contributed by atoms with Gasteiger partial charge >= 0.3 is 21.7 Å². The molecule has 4 aromatic rings. The van der Waals surface area contributed by atoms with E-state index in [2.05, 4.69) is 88.4 Å². The third kappa shape index (κ3) is 4.99. The fourth-order valence-electron chi connectivity index (χ4n) is 3.33. The number of aryl methyl sites for hydroxylation is 4. The predicted molar refractivity (Wildman–Crippen MR) is 98.0 cm³/mol. The molecule has 0 spiro atoms. The standard InChI is InChI=1S/2C11H11.2ClH.Ti/c2*1-8-4-3-5-10-7-6-9(2)11(8)10;;;/h2*3-7H,1-2H3;2*1H;/q2*-1;;;+4/p-2. The second kappa shape index (κ2) is 10.2. The first kappa shape index (κ1) is 24.0. The van der Waals surface area contributed by atoms with E-state index in [1.807, 2.05) is 0 Å². The number of fused-ring (bicyclic) bond motifs is 2. The van der Waals surface area contributed by atoms with Crippen molar-refractivity contribution in [3.8, 4) is 0 Å². The molecule has 0 radical (unpaired) electrons. The van der Waals surface area contributed by atoms with Crippen LogP contribution >= 0.6 is 0 Å². The van der Waals surface area contributed by atoms with Crippen molar-refractivity contribution in [2.24, 2.45) is 0 Å². The molecule has 0 N–H and O–H groups in total. The van der Waals surface area contributed by atoms with Crippen molar-refractivity contribution < 1.29 is 46.5 Å². The molecule has 0 saturated carbocycles. The molecule has 0 aliphatic rings. The van der Waals surface area contributed by atoms with Gasteiger partial charge < -0.3 is 24.8 Å². The monoisotopic (exact) mass is 404 g/mol. The van der Waals surface area contributed by atoms with Crippen LogP contribution < -0.4 is 24.8 Å². The van der Waals surface area contributed by atoms with E-state index in [1.165, 1.54) is 43.8 Å². The predicted octanol–water partition coefficient (Wildman–Crippen LogP) is 0.357. The zero-order chi connectivity index (χ0) is 15.7. The summed E-state index contributed by atoms with van der Waals surface area (Å²) in [7, 11) is 0. The minimum Gasteiger partial charge on any atom is -1.00 e. The summed E-state index contributed by atoms with van der Waals surface area (Å²) in [4.78, 5) is 0. The van der Waals surface area contributed by atoms with Crippen LogP contribution in [0.15, 0.2) is 60.7 Å². The van der Waals surface area contributed by atoms with Crippen LogP contribution in [0.1, 0.15) is 22.3 Å². The van der Waals surface area contributed by atoms with Gasteiger partial charge in [-0.25, -0.2) is 0 Å². The maximum Gasteiger partial charge on any atom is 4.00 e. The molecule has 0 atom stereocenters. The van der Waals surface area contributed by atoms with Crippen molar-refractivity contribution in [3.63, 3.8) is 0 Å². The maximum atomic E-state index is 2.18. The molecular formula is C22H22Cl2Ti. The fourth-order valence-corrected chi connectivity index (χ4v) is 3.33. The summed E-state index contributed by atoms with van der Waals surface area (Å²) < 4.78 is 0. The number of rotatable bonds is 0. The average Bonchev–Trinajstić information content (AvgIpc) is 3.06. The molecule has 0 unspecified atom stereocenters. The second-order valence-electron chi connectivity index (χ2n) is 6.11. The van der Waals surface area contributed by atoms with E-state index in [-0.39, 0.29) is 46.5 Å². The minimum atomic E-state index is 0. The van der Waals surface area contributed by atoms with Crippen molar-refractivity contribution in [2.75, 3.05) is 0 Å². The first-order valence-electron chi connectivity index (χ1n) is 7.81. The molecule has 0 nitrogen and oxygen atoms in total. The molecule has 0 aliphatic heterocycles. The van der Waals surface area contributed by atoms with Gasteiger partial charge in [0.05, 0.1) is 0 Å². The summed E-state index contributed by atoms with van der Waals surface area (Å²) in [5, 5.41) is 5.57.